The number of hydrogen-bond donors (Lipinski definition) is 0. The summed E-state index contributed by atoms with van der Waals surface area (Å²) in [5, 5.41) is 1.41. The summed E-state index contributed by atoms with van der Waals surface area (Å²) in [6.07, 6.45) is 8.08. The van der Waals surface area contributed by atoms with Gasteiger partial charge in [-0.25, -0.2) is 4.98 Å². The van der Waals surface area contributed by atoms with Gasteiger partial charge in [0.25, 0.3) is 0 Å². The molecule has 0 radical (unpaired) electrons. The first-order valence-corrected chi connectivity index (χ1v) is 9.52. The molecule has 0 N–H and O–H groups in total. The second-order valence-electron chi connectivity index (χ2n) is 7.08. The molecule has 22 heavy (non-hydrogen) atoms. The van der Waals surface area contributed by atoms with Crippen molar-refractivity contribution in [3.8, 4) is 11.3 Å². The third-order valence-corrected chi connectivity index (χ3v) is 6.96. The van der Waals surface area contributed by atoms with E-state index in [-0.39, 0.29) is 0 Å². The molecular formula is C19H22N2S. The second-order valence-corrected chi connectivity index (χ2v) is 8.19. The molecular weight excluding hydrogens is 288 g/mol. The van der Waals surface area contributed by atoms with E-state index in [1.165, 1.54) is 71.9 Å². The molecule has 2 aliphatic heterocycles. The molecule has 3 heteroatoms. The van der Waals surface area contributed by atoms with Gasteiger partial charge in [0, 0.05) is 35.4 Å². The van der Waals surface area contributed by atoms with Crippen LogP contribution in [-0.4, -0.2) is 29.0 Å². The van der Waals surface area contributed by atoms with Crippen molar-refractivity contribution in [2.24, 2.45) is 0 Å². The van der Waals surface area contributed by atoms with Gasteiger partial charge < -0.3 is 0 Å². The van der Waals surface area contributed by atoms with Crippen LogP contribution in [0.2, 0.25) is 0 Å². The van der Waals surface area contributed by atoms with Crippen LogP contribution in [0.25, 0.3) is 11.3 Å². The molecule has 0 amide bonds. The third kappa shape index (κ3) is 2.06. The van der Waals surface area contributed by atoms with Crippen LogP contribution in [0.4, 0.5) is 0 Å². The van der Waals surface area contributed by atoms with Crippen LogP contribution >= 0.6 is 11.3 Å². The quantitative estimate of drug-likeness (QED) is 0.660. The SMILES string of the molecule is c1ccc2c(c1)Cc1sc(C3CC[C@@H]4CCCCN4C3)nc1-2. The maximum Gasteiger partial charge on any atom is 0.0979 e. The van der Waals surface area contributed by atoms with Crippen LogP contribution in [0.1, 0.15) is 53.5 Å². The fraction of sp³-hybridized carbons (Fsp3) is 0.526. The lowest BCUT2D eigenvalue weighted by molar-refractivity contribution is 0.0959. The minimum atomic E-state index is 0.678. The van der Waals surface area contributed by atoms with Crippen molar-refractivity contribution in [3.05, 3.63) is 39.7 Å². The van der Waals surface area contributed by atoms with Gasteiger partial charge in [0.05, 0.1) is 10.7 Å². The maximum atomic E-state index is 5.09. The first-order valence-electron chi connectivity index (χ1n) is 8.70. The van der Waals surface area contributed by atoms with Gasteiger partial charge in [-0.15, -0.1) is 11.3 Å². The molecule has 2 saturated heterocycles. The summed E-state index contributed by atoms with van der Waals surface area (Å²) >= 11 is 1.99. The van der Waals surface area contributed by atoms with Gasteiger partial charge in [-0.1, -0.05) is 30.7 Å². The minimum Gasteiger partial charge on any atom is -0.300 e. The molecule has 2 nitrogen and oxygen atoms in total. The fourth-order valence-corrected chi connectivity index (χ4v) is 5.78. The van der Waals surface area contributed by atoms with E-state index in [0.717, 1.165) is 12.5 Å². The molecule has 1 aromatic carbocycles. The number of aromatic nitrogens is 1. The molecule has 1 unspecified atom stereocenters. The lowest BCUT2D eigenvalue weighted by atomic mass is 9.88. The van der Waals surface area contributed by atoms with Gasteiger partial charge in [-0.2, -0.15) is 0 Å². The van der Waals surface area contributed by atoms with Gasteiger partial charge >= 0.3 is 0 Å². The number of piperidine rings is 2. The highest BCUT2D eigenvalue weighted by atomic mass is 32.1. The molecule has 1 aliphatic carbocycles. The van der Waals surface area contributed by atoms with Crippen LogP contribution in [-0.2, 0) is 6.42 Å². The Morgan fingerprint density at radius 3 is 3.05 bits per heavy atom. The molecule has 0 saturated carbocycles. The summed E-state index contributed by atoms with van der Waals surface area (Å²) in [5.41, 5.74) is 4.13. The Labute approximate surface area is 136 Å². The maximum absolute atomic E-state index is 5.09. The van der Waals surface area contributed by atoms with Crippen molar-refractivity contribution >= 4 is 11.3 Å². The van der Waals surface area contributed by atoms with Crippen LogP contribution in [0.3, 0.4) is 0 Å². The Hall–Kier alpha value is -1.19. The molecule has 2 aromatic rings. The highest BCUT2D eigenvalue weighted by Gasteiger charge is 2.33. The van der Waals surface area contributed by atoms with E-state index in [2.05, 4.69) is 29.2 Å². The Kier molecular flexibility index (Phi) is 3.12. The summed E-state index contributed by atoms with van der Waals surface area (Å²) in [5.74, 6) is 0.678. The van der Waals surface area contributed by atoms with Crippen LogP contribution in [0.5, 0.6) is 0 Å². The zero-order valence-corrected chi connectivity index (χ0v) is 13.7. The zero-order chi connectivity index (χ0) is 14.5. The average Bonchev–Trinajstić information content (AvgIpc) is 3.12. The molecule has 2 atom stereocenters. The summed E-state index contributed by atoms with van der Waals surface area (Å²) in [4.78, 5) is 9.33. The monoisotopic (exact) mass is 310 g/mol. The lowest BCUT2D eigenvalue weighted by Gasteiger charge is -2.42. The summed E-state index contributed by atoms with van der Waals surface area (Å²) in [6, 6.07) is 9.66. The standard InChI is InChI=1S/C19H22N2S/c1-2-7-16-13(5-1)11-17-18(16)20-19(22-17)14-8-9-15-6-3-4-10-21(15)12-14/h1-2,5,7,14-15H,3-4,6,8-12H2/t14?,15-/m0/s1. The van der Waals surface area contributed by atoms with Crippen molar-refractivity contribution in [2.75, 3.05) is 13.1 Å². The Morgan fingerprint density at radius 2 is 2.05 bits per heavy atom. The van der Waals surface area contributed by atoms with Crippen LogP contribution < -0.4 is 0 Å². The van der Waals surface area contributed by atoms with Gasteiger partial charge in [0.15, 0.2) is 0 Å². The normalized spacial score (nSPS) is 27.3. The molecule has 0 bridgehead atoms. The predicted molar refractivity (Wildman–Crippen MR) is 91.5 cm³/mol. The average molecular weight is 310 g/mol. The first kappa shape index (κ1) is 13.3. The summed E-state index contributed by atoms with van der Waals surface area (Å²) in [7, 11) is 0. The van der Waals surface area contributed by atoms with Gasteiger partial charge in [0.2, 0.25) is 0 Å². The van der Waals surface area contributed by atoms with Gasteiger partial charge in [-0.3, -0.25) is 4.90 Å². The first-order chi connectivity index (χ1) is 10.9. The van der Waals surface area contributed by atoms with Crippen molar-refractivity contribution < 1.29 is 0 Å². The van der Waals surface area contributed by atoms with Crippen molar-refractivity contribution in [1.29, 1.82) is 0 Å². The third-order valence-electron chi connectivity index (χ3n) is 5.74. The number of hydrogen-bond acceptors (Lipinski definition) is 3. The van der Waals surface area contributed by atoms with Crippen molar-refractivity contribution in [1.82, 2.24) is 9.88 Å². The molecule has 114 valence electrons. The lowest BCUT2D eigenvalue weighted by Crippen LogP contribution is -2.45. The van der Waals surface area contributed by atoms with Crippen molar-refractivity contribution in [2.45, 2.75) is 50.5 Å². The molecule has 5 rings (SSSR count). The fourth-order valence-electron chi connectivity index (χ4n) is 4.55. The van der Waals surface area contributed by atoms with E-state index >= 15 is 0 Å². The van der Waals surface area contributed by atoms with E-state index < -0.39 is 0 Å². The molecule has 1 aromatic heterocycles. The highest BCUT2D eigenvalue weighted by Crippen LogP contribution is 2.43. The van der Waals surface area contributed by atoms with Gasteiger partial charge in [0.1, 0.15) is 0 Å². The molecule has 3 aliphatic rings. The number of thiazole rings is 1. The number of fused-ring (bicyclic) bond motifs is 4. The van der Waals surface area contributed by atoms with E-state index in [1.807, 2.05) is 11.3 Å². The zero-order valence-electron chi connectivity index (χ0n) is 12.9. The Bertz CT molecular complexity index is 705. The van der Waals surface area contributed by atoms with Crippen molar-refractivity contribution in [3.63, 3.8) is 0 Å². The Morgan fingerprint density at radius 1 is 1.09 bits per heavy atom. The Balaban J connectivity index is 1.42. The molecule has 0 spiro atoms. The van der Waals surface area contributed by atoms with E-state index in [1.54, 1.807) is 0 Å². The highest BCUT2D eigenvalue weighted by molar-refractivity contribution is 7.12. The topological polar surface area (TPSA) is 16.1 Å². The molecule has 2 fully saturated rings. The van der Waals surface area contributed by atoms with Gasteiger partial charge in [-0.05, 0) is 37.8 Å². The minimum absolute atomic E-state index is 0.678. The van der Waals surface area contributed by atoms with Crippen LogP contribution in [0, 0.1) is 0 Å². The number of rotatable bonds is 1. The predicted octanol–water partition coefficient (Wildman–Crippen LogP) is 4.45. The second kappa shape index (κ2) is 5.17. The van der Waals surface area contributed by atoms with E-state index in [9.17, 15) is 0 Å². The summed E-state index contributed by atoms with van der Waals surface area (Å²) < 4.78 is 0. The smallest absolute Gasteiger partial charge is 0.0979 e. The largest absolute Gasteiger partial charge is 0.300 e. The van der Waals surface area contributed by atoms with E-state index in [4.69, 9.17) is 4.98 Å². The van der Waals surface area contributed by atoms with E-state index in [0.29, 0.717) is 5.92 Å². The number of nitrogens with zero attached hydrogens (tertiary/aromatic N) is 2. The number of benzene rings is 1. The molecule has 3 heterocycles. The van der Waals surface area contributed by atoms with Crippen LogP contribution in [0.15, 0.2) is 24.3 Å². The summed E-state index contributed by atoms with van der Waals surface area (Å²) in [6.45, 7) is 2.56.